The van der Waals surface area contributed by atoms with E-state index in [0.717, 1.165) is 22.4 Å². The molecule has 0 saturated carbocycles. The van der Waals surface area contributed by atoms with E-state index in [0.29, 0.717) is 23.6 Å². The van der Waals surface area contributed by atoms with E-state index in [4.69, 9.17) is 14.2 Å². The molecule has 1 aliphatic heterocycles. The van der Waals surface area contributed by atoms with Crippen LogP contribution in [0, 0.1) is 13.8 Å². The van der Waals surface area contributed by atoms with Crippen LogP contribution in [0.1, 0.15) is 27.0 Å². The van der Waals surface area contributed by atoms with Gasteiger partial charge < -0.3 is 19.5 Å². The molecule has 0 radical (unpaired) electrons. The zero-order valence-electron chi connectivity index (χ0n) is 13.4. The van der Waals surface area contributed by atoms with Crippen LogP contribution in [0.4, 0.5) is 0 Å². The number of hydrogen-bond acceptors (Lipinski definition) is 4. The second kappa shape index (κ2) is 6.20. The number of ether oxygens (including phenoxy) is 3. The van der Waals surface area contributed by atoms with Crippen LogP contribution in [-0.4, -0.2) is 19.8 Å². The molecule has 0 unspecified atom stereocenters. The summed E-state index contributed by atoms with van der Waals surface area (Å²) in [5.74, 6) is 1.86. The van der Waals surface area contributed by atoms with Crippen LogP contribution in [0.2, 0.25) is 0 Å². The predicted octanol–water partition coefficient (Wildman–Crippen LogP) is 2.97. The lowest BCUT2D eigenvalue weighted by Crippen LogP contribution is -2.23. The van der Waals surface area contributed by atoms with Gasteiger partial charge in [0.2, 0.25) is 6.79 Å². The van der Waals surface area contributed by atoms with Gasteiger partial charge in [-0.05, 0) is 54.8 Å². The van der Waals surface area contributed by atoms with Gasteiger partial charge in [-0.3, -0.25) is 4.79 Å². The molecule has 120 valence electrons. The Hall–Kier alpha value is -2.69. The summed E-state index contributed by atoms with van der Waals surface area (Å²) < 4.78 is 15.9. The van der Waals surface area contributed by atoms with Gasteiger partial charge >= 0.3 is 0 Å². The van der Waals surface area contributed by atoms with E-state index in [1.165, 1.54) is 0 Å². The quantitative estimate of drug-likeness (QED) is 0.943. The monoisotopic (exact) mass is 313 g/mol. The van der Waals surface area contributed by atoms with Crippen LogP contribution in [0.15, 0.2) is 30.3 Å². The third kappa shape index (κ3) is 3.08. The Labute approximate surface area is 135 Å². The summed E-state index contributed by atoms with van der Waals surface area (Å²) in [5, 5.41) is 2.91. The molecule has 2 aromatic carbocycles. The molecule has 0 saturated heterocycles. The number of rotatable bonds is 4. The number of methoxy groups -OCH3 is 1. The minimum atomic E-state index is -0.164. The van der Waals surface area contributed by atoms with Gasteiger partial charge in [-0.15, -0.1) is 0 Å². The van der Waals surface area contributed by atoms with Crippen LogP contribution in [0.3, 0.4) is 0 Å². The van der Waals surface area contributed by atoms with Crippen molar-refractivity contribution >= 4 is 5.91 Å². The molecule has 0 bridgehead atoms. The SMILES string of the molecule is COc1cc(C)c(C)cc1C(=O)NCc1ccc2c(c1)OCO2. The van der Waals surface area contributed by atoms with Gasteiger partial charge in [0.1, 0.15) is 5.75 Å². The van der Waals surface area contributed by atoms with Crippen molar-refractivity contribution in [3.8, 4) is 17.2 Å². The molecule has 1 heterocycles. The largest absolute Gasteiger partial charge is 0.496 e. The van der Waals surface area contributed by atoms with Gasteiger partial charge in [0.05, 0.1) is 12.7 Å². The highest BCUT2D eigenvalue weighted by atomic mass is 16.7. The van der Waals surface area contributed by atoms with E-state index in [2.05, 4.69) is 5.32 Å². The predicted molar refractivity (Wildman–Crippen MR) is 86.2 cm³/mol. The van der Waals surface area contributed by atoms with Gasteiger partial charge in [0.15, 0.2) is 11.5 Å². The maximum atomic E-state index is 12.4. The van der Waals surface area contributed by atoms with Crippen molar-refractivity contribution in [2.75, 3.05) is 13.9 Å². The van der Waals surface area contributed by atoms with Crippen LogP contribution in [-0.2, 0) is 6.54 Å². The number of hydrogen-bond donors (Lipinski definition) is 1. The highest BCUT2D eigenvalue weighted by Crippen LogP contribution is 2.32. The summed E-state index contributed by atoms with van der Waals surface area (Å²) in [6.45, 7) is 4.62. The summed E-state index contributed by atoms with van der Waals surface area (Å²) in [4.78, 5) is 12.4. The smallest absolute Gasteiger partial charge is 0.255 e. The molecule has 0 aliphatic carbocycles. The lowest BCUT2D eigenvalue weighted by atomic mass is 10.0. The third-order valence-electron chi connectivity index (χ3n) is 3.95. The molecule has 1 N–H and O–H groups in total. The Bertz CT molecular complexity index is 755. The second-order valence-corrected chi connectivity index (χ2v) is 5.51. The highest BCUT2D eigenvalue weighted by Gasteiger charge is 2.16. The molecule has 3 rings (SSSR count). The van der Waals surface area contributed by atoms with Crippen molar-refractivity contribution in [3.63, 3.8) is 0 Å². The van der Waals surface area contributed by atoms with Crippen molar-refractivity contribution in [2.24, 2.45) is 0 Å². The first-order valence-electron chi connectivity index (χ1n) is 7.40. The molecule has 5 nitrogen and oxygen atoms in total. The molecule has 1 amide bonds. The van der Waals surface area contributed by atoms with E-state index in [1.807, 2.05) is 44.2 Å². The summed E-state index contributed by atoms with van der Waals surface area (Å²) >= 11 is 0. The number of nitrogens with one attached hydrogen (secondary N) is 1. The normalized spacial score (nSPS) is 12.1. The Morgan fingerprint density at radius 2 is 1.87 bits per heavy atom. The zero-order chi connectivity index (χ0) is 16.4. The van der Waals surface area contributed by atoms with E-state index >= 15 is 0 Å². The molecule has 2 aromatic rings. The number of carbonyl (C=O) groups is 1. The number of benzene rings is 2. The Morgan fingerprint density at radius 1 is 1.13 bits per heavy atom. The summed E-state index contributed by atoms with van der Waals surface area (Å²) in [5.41, 5.74) is 3.63. The maximum absolute atomic E-state index is 12.4. The van der Waals surface area contributed by atoms with Crippen LogP contribution >= 0.6 is 0 Å². The first-order valence-corrected chi connectivity index (χ1v) is 7.40. The van der Waals surface area contributed by atoms with Gasteiger partial charge in [-0.2, -0.15) is 0 Å². The standard InChI is InChI=1S/C18H19NO4/c1-11-6-14(16(21-3)7-12(11)2)18(20)19-9-13-4-5-15-17(8-13)23-10-22-15/h4-8H,9-10H2,1-3H3,(H,19,20). The van der Waals surface area contributed by atoms with Gasteiger partial charge in [-0.1, -0.05) is 6.07 Å². The summed E-state index contributed by atoms with van der Waals surface area (Å²) in [6, 6.07) is 9.36. The van der Waals surface area contributed by atoms with Crippen LogP contribution in [0.25, 0.3) is 0 Å². The van der Waals surface area contributed by atoms with E-state index in [1.54, 1.807) is 7.11 Å². The topological polar surface area (TPSA) is 56.8 Å². The molecule has 23 heavy (non-hydrogen) atoms. The molecule has 0 spiro atoms. The zero-order valence-corrected chi connectivity index (χ0v) is 13.4. The van der Waals surface area contributed by atoms with Gasteiger partial charge in [-0.25, -0.2) is 0 Å². The first-order chi connectivity index (χ1) is 11.1. The number of carbonyl (C=O) groups excluding carboxylic acids is 1. The lowest BCUT2D eigenvalue weighted by molar-refractivity contribution is 0.0947. The molecular weight excluding hydrogens is 294 g/mol. The molecule has 0 atom stereocenters. The van der Waals surface area contributed by atoms with Crippen molar-refractivity contribution in [2.45, 2.75) is 20.4 Å². The minimum absolute atomic E-state index is 0.164. The molecular formula is C18H19NO4. The van der Waals surface area contributed by atoms with Crippen molar-refractivity contribution in [1.29, 1.82) is 0 Å². The van der Waals surface area contributed by atoms with Crippen molar-refractivity contribution < 1.29 is 19.0 Å². The van der Waals surface area contributed by atoms with Crippen LogP contribution in [0.5, 0.6) is 17.2 Å². The fourth-order valence-corrected chi connectivity index (χ4v) is 2.46. The maximum Gasteiger partial charge on any atom is 0.255 e. The van der Waals surface area contributed by atoms with E-state index in [-0.39, 0.29) is 12.7 Å². The van der Waals surface area contributed by atoms with Crippen molar-refractivity contribution in [1.82, 2.24) is 5.32 Å². The van der Waals surface area contributed by atoms with E-state index < -0.39 is 0 Å². The average molecular weight is 313 g/mol. The fraction of sp³-hybridized carbons (Fsp3) is 0.278. The molecule has 5 heteroatoms. The summed E-state index contributed by atoms with van der Waals surface area (Å²) in [6.07, 6.45) is 0. The van der Waals surface area contributed by atoms with Gasteiger partial charge in [0.25, 0.3) is 5.91 Å². The average Bonchev–Trinajstić information content (AvgIpc) is 3.02. The van der Waals surface area contributed by atoms with Gasteiger partial charge in [0, 0.05) is 6.54 Å². The highest BCUT2D eigenvalue weighted by molar-refractivity contribution is 5.97. The summed E-state index contributed by atoms with van der Waals surface area (Å²) in [7, 11) is 1.57. The number of aryl methyl sites for hydroxylation is 2. The second-order valence-electron chi connectivity index (χ2n) is 5.51. The Kier molecular flexibility index (Phi) is 4.10. The third-order valence-corrected chi connectivity index (χ3v) is 3.95. The minimum Gasteiger partial charge on any atom is -0.496 e. The number of amides is 1. The number of fused-ring (bicyclic) bond motifs is 1. The molecule has 0 fully saturated rings. The van der Waals surface area contributed by atoms with E-state index in [9.17, 15) is 4.79 Å². The van der Waals surface area contributed by atoms with Crippen LogP contribution < -0.4 is 19.5 Å². The molecule has 0 aromatic heterocycles. The van der Waals surface area contributed by atoms with Crippen molar-refractivity contribution in [3.05, 3.63) is 52.6 Å². The fourth-order valence-electron chi connectivity index (χ4n) is 2.46. The Morgan fingerprint density at radius 3 is 2.65 bits per heavy atom. The first kappa shape index (κ1) is 15.2. The molecule has 1 aliphatic rings. The Balaban J connectivity index is 1.73. The lowest BCUT2D eigenvalue weighted by Gasteiger charge is -2.12.